The monoisotopic (exact) mass is 300 g/mol. The highest BCUT2D eigenvalue weighted by Gasteiger charge is 2.43. The minimum atomic E-state index is -0.889. The maximum absolute atomic E-state index is 12.8. The standard InChI is InChI=1S/C14H24N2O3S/c1-4-12-16(11(8-20-12)13(17)18)14(19)15-7-9(2)5-6-10(15)3/h9-12H,4-8H2,1-3H3,(H,17,18). The number of rotatable bonds is 2. The molecule has 0 bridgehead atoms. The number of carbonyl (C=O) groups excluding carboxylic acids is 1. The van der Waals surface area contributed by atoms with Crippen molar-refractivity contribution < 1.29 is 14.7 Å². The van der Waals surface area contributed by atoms with Crippen molar-refractivity contribution in [1.82, 2.24) is 9.80 Å². The fourth-order valence-electron chi connectivity index (χ4n) is 3.03. The van der Waals surface area contributed by atoms with E-state index in [9.17, 15) is 14.7 Å². The molecule has 114 valence electrons. The van der Waals surface area contributed by atoms with Gasteiger partial charge in [0.25, 0.3) is 0 Å². The first-order chi connectivity index (χ1) is 9.45. The van der Waals surface area contributed by atoms with E-state index in [4.69, 9.17) is 0 Å². The molecule has 0 radical (unpaired) electrons. The van der Waals surface area contributed by atoms with E-state index in [0.29, 0.717) is 11.7 Å². The summed E-state index contributed by atoms with van der Waals surface area (Å²) in [5.41, 5.74) is 0. The molecule has 0 spiro atoms. The smallest absolute Gasteiger partial charge is 0.327 e. The van der Waals surface area contributed by atoms with Crippen LogP contribution in [0.15, 0.2) is 0 Å². The Morgan fingerprint density at radius 2 is 2.00 bits per heavy atom. The summed E-state index contributed by atoms with van der Waals surface area (Å²) in [4.78, 5) is 27.7. The highest BCUT2D eigenvalue weighted by molar-refractivity contribution is 8.00. The molecule has 20 heavy (non-hydrogen) atoms. The Hall–Kier alpha value is -0.910. The number of urea groups is 1. The highest BCUT2D eigenvalue weighted by Crippen LogP contribution is 2.34. The summed E-state index contributed by atoms with van der Waals surface area (Å²) in [5, 5.41) is 9.33. The molecule has 1 N–H and O–H groups in total. The molecule has 2 aliphatic heterocycles. The predicted octanol–water partition coefficient (Wildman–Crippen LogP) is 2.46. The summed E-state index contributed by atoms with van der Waals surface area (Å²) in [6.45, 7) is 6.95. The molecule has 0 aromatic rings. The van der Waals surface area contributed by atoms with Gasteiger partial charge in [0.15, 0.2) is 0 Å². The normalized spacial score (nSPS) is 34.4. The first-order valence-corrected chi connectivity index (χ1v) is 8.43. The number of carbonyl (C=O) groups is 2. The average molecular weight is 300 g/mol. The zero-order valence-electron chi connectivity index (χ0n) is 12.4. The lowest BCUT2D eigenvalue weighted by Crippen LogP contribution is -2.55. The van der Waals surface area contributed by atoms with E-state index >= 15 is 0 Å². The second kappa shape index (κ2) is 6.24. The number of amides is 2. The van der Waals surface area contributed by atoms with Crippen LogP contribution in [-0.4, -0.2) is 56.7 Å². The molecule has 0 aromatic carbocycles. The van der Waals surface area contributed by atoms with Crippen LogP contribution in [0.3, 0.4) is 0 Å². The minimum absolute atomic E-state index is 0.00645. The number of carboxylic acid groups (broad SMARTS) is 1. The number of carboxylic acids is 1. The summed E-state index contributed by atoms with van der Waals surface area (Å²) in [6, 6.07) is -0.563. The third-order valence-corrected chi connectivity index (χ3v) is 5.76. The second-order valence-corrected chi connectivity index (χ2v) is 7.13. The molecule has 0 aliphatic carbocycles. The average Bonchev–Trinajstić information content (AvgIpc) is 2.84. The Kier molecular flexibility index (Phi) is 4.83. The van der Waals surface area contributed by atoms with E-state index in [0.717, 1.165) is 25.8 Å². The highest BCUT2D eigenvalue weighted by atomic mass is 32.2. The summed E-state index contributed by atoms with van der Waals surface area (Å²) in [6.07, 6.45) is 2.93. The zero-order valence-corrected chi connectivity index (χ0v) is 13.2. The first kappa shape index (κ1) is 15.5. The van der Waals surface area contributed by atoms with Crippen LogP contribution in [0, 0.1) is 5.92 Å². The number of nitrogens with zero attached hydrogens (tertiary/aromatic N) is 2. The van der Waals surface area contributed by atoms with Crippen LogP contribution in [-0.2, 0) is 4.79 Å². The number of hydrogen-bond acceptors (Lipinski definition) is 3. The lowest BCUT2D eigenvalue weighted by molar-refractivity contribution is -0.141. The molecule has 2 amide bonds. The van der Waals surface area contributed by atoms with Gasteiger partial charge in [-0.05, 0) is 32.1 Å². The molecule has 2 saturated heterocycles. The van der Waals surface area contributed by atoms with Crippen molar-refractivity contribution in [2.45, 2.75) is 57.5 Å². The van der Waals surface area contributed by atoms with Gasteiger partial charge in [-0.3, -0.25) is 4.90 Å². The number of hydrogen-bond donors (Lipinski definition) is 1. The van der Waals surface area contributed by atoms with Crippen LogP contribution in [0.2, 0.25) is 0 Å². The fourth-order valence-corrected chi connectivity index (χ4v) is 4.37. The molecule has 2 heterocycles. The molecule has 0 saturated carbocycles. The maximum Gasteiger partial charge on any atom is 0.327 e. The van der Waals surface area contributed by atoms with Gasteiger partial charge in [0.05, 0.1) is 5.37 Å². The van der Waals surface area contributed by atoms with E-state index in [2.05, 4.69) is 13.8 Å². The molecule has 2 fully saturated rings. The Morgan fingerprint density at radius 1 is 1.30 bits per heavy atom. The lowest BCUT2D eigenvalue weighted by Gasteiger charge is -2.41. The lowest BCUT2D eigenvalue weighted by atomic mass is 9.95. The van der Waals surface area contributed by atoms with Gasteiger partial charge in [-0.15, -0.1) is 11.8 Å². The minimum Gasteiger partial charge on any atom is -0.480 e. The van der Waals surface area contributed by atoms with Gasteiger partial charge in [0.1, 0.15) is 6.04 Å². The summed E-state index contributed by atoms with van der Waals surface area (Å²) in [5.74, 6) is 0.102. The molecule has 4 atom stereocenters. The van der Waals surface area contributed by atoms with Crippen LogP contribution < -0.4 is 0 Å². The third kappa shape index (κ3) is 2.90. The molecule has 2 aliphatic rings. The van der Waals surface area contributed by atoms with Crippen molar-refractivity contribution in [1.29, 1.82) is 0 Å². The Labute approximate surface area is 124 Å². The van der Waals surface area contributed by atoms with E-state index in [-0.39, 0.29) is 17.4 Å². The number of thioether (sulfide) groups is 1. The second-order valence-electron chi connectivity index (χ2n) is 5.92. The van der Waals surface area contributed by atoms with Crippen molar-refractivity contribution in [2.75, 3.05) is 12.3 Å². The molecule has 4 unspecified atom stereocenters. The molecular formula is C14H24N2O3S. The van der Waals surface area contributed by atoms with Crippen LogP contribution in [0.5, 0.6) is 0 Å². The Balaban J connectivity index is 2.17. The number of piperidine rings is 1. The van der Waals surface area contributed by atoms with E-state index in [1.165, 1.54) is 0 Å². The maximum atomic E-state index is 12.8. The van der Waals surface area contributed by atoms with Crippen molar-refractivity contribution in [3.05, 3.63) is 0 Å². The Bertz CT molecular complexity index is 391. The molecule has 2 rings (SSSR count). The van der Waals surface area contributed by atoms with Crippen molar-refractivity contribution in [3.63, 3.8) is 0 Å². The number of aliphatic carboxylic acids is 1. The van der Waals surface area contributed by atoms with Gasteiger partial charge in [-0.25, -0.2) is 9.59 Å². The van der Waals surface area contributed by atoms with Crippen molar-refractivity contribution >= 4 is 23.8 Å². The summed E-state index contributed by atoms with van der Waals surface area (Å²) >= 11 is 1.58. The van der Waals surface area contributed by atoms with Gasteiger partial charge in [0, 0.05) is 18.3 Å². The fraction of sp³-hybridized carbons (Fsp3) is 0.857. The van der Waals surface area contributed by atoms with Crippen molar-refractivity contribution in [3.8, 4) is 0 Å². The molecule has 6 heteroatoms. The van der Waals surface area contributed by atoms with E-state index in [1.54, 1.807) is 16.7 Å². The SMILES string of the molecule is CCC1SCC(C(=O)O)N1C(=O)N1CC(C)CCC1C. The van der Waals surface area contributed by atoms with Gasteiger partial charge in [-0.2, -0.15) is 0 Å². The quantitative estimate of drug-likeness (QED) is 0.851. The molecular weight excluding hydrogens is 276 g/mol. The van der Waals surface area contributed by atoms with Crippen LogP contribution in [0.1, 0.15) is 40.0 Å². The van der Waals surface area contributed by atoms with Gasteiger partial charge >= 0.3 is 12.0 Å². The van der Waals surface area contributed by atoms with Crippen molar-refractivity contribution in [2.24, 2.45) is 5.92 Å². The largest absolute Gasteiger partial charge is 0.480 e. The van der Waals surface area contributed by atoms with Gasteiger partial charge in [-0.1, -0.05) is 13.8 Å². The Morgan fingerprint density at radius 3 is 2.60 bits per heavy atom. The first-order valence-electron chi connectivity index (χ1n) is 7.39. The van der Waals surface area contributed by atoms with Crippen LogP contribution in [0.4, 0.5) is 4.79 Å². The van der Waals surface area contributed by atoms with Gasteiger partial charge in [0.2, 0.25) is 0 Å². The molecule has 0 aromatic heterocycles. The zero-order chi connectivity index (χ0) is 14.9. The third-order valence-electron chi connectivity index (χ3n) is 4.31. The van der Waals surface area contributed by atoms with E-state index < -0.39 is 12.0 Å². The van der Waals surface area contributed by atoms with Crippen LogP contribution >= 0.6 is 11.8 Å². The number of likely N-dealkylation sites (tertiary alicyclic amines) is 1. The summed E-state index contributed by atoms with van der Waals surface area (Å²) in [7, 11) is 0. The predicted molar refractivity (Wildman–Crippen MR) is 79.8 cm³/mol. The topological polar surface area (TPSA) is 60.9 Å². The summed E-state index contributed by atoms with van der Waals surface area (Å²) < 4.78 is 0. The molecule has 5 nitrogen and oxygen atoms in total. The van der Waals surface area contributed by atoms with E-state index in [1.807, 2.05) is 11.8 Å². The van der Waals surface area contributed by atoms with Crippen LogP contribution in [0.25, 0.3) is 0 Å². The van der Waals surface area contributed by atoms with Gasteiger partial charge < -0.3 is 10.0 Å².